The van der Waals surface area contributed by atoms with Gasteiger partial charge in [0.25, 0.3) is 0 Å². The first-order chi connectivity index (χ1) is 16.5. The van der Waals surface area contributed by atoms with Crippen LogP contribution in [0.2, 0.25) is 0 Å². The lowest BCUT2D eigenvalue weighted by Gasteiger charge is -2.20. The molecule has 1 aromatic heterocycles. The highest BCUT2D eigenvalue weighted by Crippen LogP contribution is 2.38. The first-order valence-corrected chi connectivity index (χ1v) is 13.3. The number of alkyl halides is 3. The molecule has 0 fully saturated rings. The Morgan fingerprint density at radius 2 is 1.77 bits per heavy atom. The molecule has 1 N–H and O–H groups in total. The van der Waals surface area contributed by atoms with Crippen LogP contribution < -0.4 is 5.32 Å². The van der Waals surface area contributed by atoms with E-state index in [4.69, 9.17) is 0 Å². The average molecular weight is 523 g/mol. The molecule has 35 heavy (non-hydrogen) atoms. The summed E-state index contributed by atoms with van der Waals surface area (Å²) in [5.41, 5.74) is 0.931. The van der Waals surface area contributed by atoms with Gasteiger partial charge in [-0.1, -0.05) is 42.5 Å². The van der Waals surface area contributed by atoms with Gasteiger partial charge in [0.15, 0.2) is 20.8 Å². The molecule has 184 valence electrons. The van der Waals surface area contributed by atoms with E-state index >= 15 is 0 Å². The Morgan fingerprint density at radius 1 is 1.11 bits per heavy atom. The number of nitrogens with one attached hydrogen (secondary N) is 1. The van der Waals surface area contributed by atoms with Gasteiger partial charge < -0.3 is 5.32 Å². The quantitative estimate of drug-likeness (QED) is 0.489. The van der Waals surface area contributed by atoms with Crippen molar-refractivity contribution in [2.24, 2.45) is 0 Å². The number of Topliss-reactive ketones (excluding diaryl/α,β-unsaturated/α-hetero) is 1. The zero-order valence-corrected chi connectivity index (χ0v) is 20.2. The Hall–Kier alpha value is -3.05. The lowest BCUT2D eigenvalue weighted by molar-refractivity contribution is -0.137. The lowest BCUT2D eigenvalue weighted by Crippen LogP contribution is -2.19. The molecule has 2 aromatic carbocycles. The van der Waals surface area contributed by atoms with Crippen LogP contribution in [0.5, 0.6) is 0 Å². The number of aryl methyl sites for hydroxylation is 1. The topological polar surface area (TPSA) is 93.2 Å². The first-order valence-electron chi connectivity index (χ1n) is 10.8. The van der Waals surface area contributed by atoms with Crippen molar-refractivity contribution in [3.63, 3.8) is 0 Å². The molecule has 0 bridgehead atoms. The minimum absolute atomic E-state index is 0.00117. The molecular formula is C24H21F3N2O4S2. The highest BCUT2D eigenvalue weighted by Gasteiger charge is 2.34. The Balaban J connectivity index is 1.43. The number of anilines is 1. The standard InChI is InChI=1S/C24H21F3N2O4S2/c1-2-35(32,33)17-9-3-14(4-10-17)13-20(30)29-23-28-19-12-11-18(21(31)22(19)34-23)15-5-7-16(8-6-15)24(25,26)27/h3-10,18H,2,11-13H2,1H3,(H,28,29,30). The summed E-state index contributed by atoms with van der Waals surface area (Å²) in [6.07, 6.45) is -3.56. The molecule has 1 amide bonds. The fourth-order valence-corrected chi connectivity index (χ4v) is 5.80. The smallest absolute Gasteiger partial charge is 0.302 e. The molecule has 1 heterocycles. The number of halogens is 3. The molecule has 1 aliphatic carbocycles. The minimum atomic E-state index is -4.44. The van der Waals surface area contributed by atoms with Crippen LogP contribution in [-0.4, -0.2) is 30.8 Å². The summed E-state index contributed by atoms with van der Waals surface area (Å²) in [5, 5.41) is 2.95. The number of benzene rings is 2. The molecule has 1 aliphatic rings. The number of aromatic nitrogens is 1. The number of fused-ring (bicyclic) bond motifs is 1. The van der Waals surface area contributed by atoms with Gasteiger partial charge in [-0.05, 0) is 48.2 Å². The van der Waals surface area contributed by atoms with Crippen LogP contribution >= 0.6 is 11.3 Å². The second-order valence-corrected chi connectivity index (χ2v) is 11.4. The highest BCUT2D eigenvalue weighted by molar-refractivity contribution is 7.91. The number of rotatable bonds is 6. The third-order valence-electron chi connectivity index (χ3n) is 5.82. The van der Waals surface area contributed by atoms with Crippen LogP contribution in [-0.2, 0) is 33.6 Å². The van der Waals surface area contributed by atoms with Crippen molar-refractivity contribution < 1.29 is 31.2 Å². The number of hydrogen-bond donors (Lipinski definition) is 1. The van der Waals surface area contributed by atoms with Gasteiger partial charge >= 0.3 is 6.18 Å². The SMILES string of the molecule is CCS(=O)(=O)c1ccc(CC(=O)Nc2nc3c(s2)C(=O)C(c2ccc(C(F)(F)F)cc2)CC3)cc1. The number of carbonyl (C=O) groups is 2. The van der Waals surface area contributed by atoms with E-state index in [-0.39, 0.29) is 33.9 Å². The van der Waals surface area contributed by atoms with Crippen molar-refractivity contribution in [3.8, 4) is 0 Å². The van der Waals surface area contributed by atoms with Crippen LogP contribution in [0.4, 0.5) is 18.3 Å². The van der Waals surface area contributed by atoms with Gasteiger partial charge in [0.2, 0.25) is 5.91 Å². The second-order valence-electron chi connectivity index (χ2n) is 8.14. The zero-order valence-electron chi connectivity index (χ0n) is 18.6. The summed E-state index contributed by atoms with van der Waals surface area (Å²) >= 11 is 1.05. The summed E-state index contributed by atoms with van der Waals surface area (Å²) in [4.78, 5) is 30.4. The van der Waals surface area contributed by atoms with Crippen LogP contribution in [0, 0.1) is 0 Å². The van der Waals surface area contributed by atoms with Crippen molar-refractivity contribution in [1.29, 1.82) is 0 Å². The number of hydrogen-bond acceptors (Lipinski definition) is 6. The van der Waals surface area contributed by atoms with Gasteiger partial charge in [0.05, 0.1) is 33.2 Å². The van der Waals surface area contributed by atoms with Crippen LogP contribution in [0.3, 0.4) is 0 Å². The van der Waals surface area contributed by atoms with E-state index in [2.05, 4.69) is 10.3 Å². The molecule has 0 aliphatic heterocycles. The van der Waals surface area contributed by atoms with Crippen LogP contribution in [0.15, 0.2) is 53.4 Å². The van der Waals surface area contributed by atoms with Gasteiger partial charge in [-0.25, -0.2) is 13.4 Å². The first kappa shape index (κ1) is 25.1. The highest BCUT2D eigenvalue weighted by atomic mass is 32.2. The van der Waals surface area contributed by atoms with E-state index in [1.54, 1.807) is 19.1 Å². The summed E-state index contributed by atoms with van der Waals surface area (Å²) in [6.45, 7) is 1.56. The van der Waals surface area contributed by atoms with Gasteiger partial charge in [-0.2, -0.15) is 13.2 Å². The van der Waals surface area contributed by atoms with E-state index in [1.807, 2.05) is 0 Å². The zero-order chi connectivity index (χ0) is 25.4. The summed E-state index contributed by atoms with van der Waals surface area (Å²) in [5.74, 6) is -1.17. The van der Waals surface area contributed by atoms with Crippen molar-refractivity contribution in [2.75, 3.05) is 11.1 Å². The third kappa shape index (κ3) is 5.46. The lowest BCUT2D eigenvalue weighted by atomic mass is 9.84. The molecule has 4 rings (SSSR count). The molecule has 6 nitrogen and oxygen atoms in total. The summed E-state index contributed by atoms with van der Waals surface area (Å²) in [7, 11) is -3.32. The molecule has 1 unspecified atom stereocenters. The Morgan fingerprint density at radius 3 is 2.37 bits per heavy atom. The van der Waals surface area contributed by atoms with E-state index in [0.29, 0.717) is 34.5 Å². The second kappa shape index (κ2) is 9.54. The third-order valence-corrected chi connectivity index (χ3v) is 8.60. The van der Waals surface area contributed by atoms with Crippen molar-refractivity contribution in [1.82, 2.24) is 4.98 Å². The summed E-state index contributed by atoms with van der Waals surface area (Å²) < 4.78 is 62.3. The maximum absolute atomic E-state index is 13.0. The number of carbonyl (C=O) groups excluding carboxylic acids is 2. The number of nitrogens with zero attached hydrogens (tertiary/aromatic N) is 1. The minimum Gasteiger partial charge on any atom is -0.302 e. The van der Waals surface area contributed by atoms with Gasteiger partial charge in [0, 0.05) is 5.92 Å². The molecule has 0 spiro atoms. The van der Waals surface area contributed by atoms with E-state index in [0.717, 1.165) is 23.5 Å². The number of amides is 1. The van der Waals surface area contributed by atoms with Gasteiger partial charge in [-0.15, -0.1) is 0 Å². The molecule has 0 radical (unpaired) electrons. The molecule has 0 saturated carbocycles. The van der Waals surface area contributed by atoms with Crippen molar-refractivity contribution >= 4 is 38.0 Å². The predicted octanol–water partition coefficient (Wildman–Crippen LogP) is 5.05. The molecule has 1 atom stereocenters. The van der Waals surface area contributed by atoms with E-state index < -0.39 is 27.5 Å². The number of sulfone groups is 1. The molecule has 0 saturated heterocycles. The van der Waals surface area contributed by atoms with Crippen molar-refractivity contribution in [2.45, 2.75) is 43.2 Å². The fraction of sp³-hybridized carbons (Fsp3) is 0.292. The van der Waals surface area contributed by atoms with Crippen LogP contribution in [0.1, 0.15) is 51.3 Å². The van der Waals surface area contributed by atoms with Gasteiger partial charge in [-0.3, -0.25) is 9.59 Å². The van der Waals surface area contributed by atoms with Crippen molar-refractivity contribution in [3.05, 3.63) is 75.8 Å². The van der Waals surface area contributed by atoms with Crippen LogP contribution in [0.25, 0.3) is 0 Å². The number of ketones is 1. The maximum Gasteiger partial charge on any atom is 0.416 e. The number of thiazole rings is 1. The largest absolute Gasteiger partial charge is 0.416 e. The van der Waals surface area contributed by atoms with E-state index in [9.17, 15) is 31.2 Å². The Bertz CT molecular complexity index is 1360. The molecule has 3 aromatic rings. The fourth-order valence-electron chi connectivity index (χ4n) is 3.89. The summed E-state index contributed by atoms with van der Waals surface area (Å²) in [6, 6.07) is 10.7. The molecular weight excluding hydrogens is 501 g/mol. The predicted molar refractivity (Wildman–Crippen MR) is 125 cm³/mol. The van der Waals surface area contributed by atoms with Gasteiger partial charge in [0.1, 0.15) is 0 Å². The Labute approximate surface area is 204 Å². The maximum atomic E-state index is 13.0. The normalized spacial score (nSPS) is 16.1. The molecule has 11 heteroatoms. The van der Waals surface area contributed by atoms with E-state index in [1.165, 1.54) is 24.3 Å². The average Bonchev–Trinajstić information content (AvgIpc) is 3.22. The Kier molecular flexibility index (Phi) is 6.83. The monoisotopic (exact) mass is 522 g/mol.